The van der Waals surface area contributed by atoms with Gasteiger partial charge in [-0.25, -0.2) is 4.98 Å². The highest BCUT2D eigenvalue weighted by Crippen LogP contribution is 2.44. The molecule has 94 heavy (non-hydrogen) atoms. The van der Waals surface area contributed by atoms with Gasteiger partial charge in [-0.1, -0.05) is 265 Å². The van der Waals surface area contributed by atoms with Crippen LogP contribution in [0.25, 0.3) is 117 Å². The number of imidazole rings is 1. The summed E-state index contributed by atoms with van der Waals surface area (Å²) in [4.78, 5) is 4.78. The van der Waals surface area contributed by atoms with E-state index in [1.165, 1.54) is 12.3 Å². The summed E-state index contributed by atoms with van der Waals surface area (Å²) in [6.07, 6.45) is 5.01. The molecule has 11 aromatic carbocycles. The molecule has 3 heterocycles. The molecule has 0 aliphatic heterocycles. The fourth-order valence-corrected chi connectivity index (χ4v) is 12.0. The summed E-state index contributed by atoms with van der Waals surface area (Å²) in [6, 6.07) is 33.4. The van der Waals surface area contributed by atoms with Crippen LogP contribution in [0.1, 0.15) is 140 Å². The average Bonchev–Trinajstić information content (AvgIpc) is 1.38. The number of hydrogen-bond donors (Lipinski definition) is 0. The largest absolute Gasteiger partial charge is 0.458 e. The number of benzene rings is 11. The Kier molecular flexibility index (Phi) is 10.4. The summed E-state index contributed by atoms with van der Waals surface area (Å²) in [6.45, 7) is 22.4. The Balaban J connectivity index is 1.06. The molecule has 0 amide bonds. The Morgan fingerprint density at radius 2 is 0.979 bits per heavy atom. The number of ether oxygens (including phenoxy) is 1. The van der Waals surface area contributed by atoms with Crippen LogP contribution in [0.5, 0.6) is 11.5 Å². The molecule has 0 aliphatic carbocycles. The number of pyridine rings is 1. The standard InChI is InChI=1S/C89H82N4O/c1-58-43-84(90-56-79(58)61-31-21-16-22-32-61)93-80-38-24-23-37-75(80)76-41-40-74(55-82(76)93)94-73-36-26-35-72(54-73)91-57-92(81-42-39-62(50-83(81)91)66-48-69(87(5,6)7)51-70(49-66)88(8,9)10)85-77(63-33-25-34-68(47-63)86(2,3)4)52-71(89(11,12)13)53-78(85)67-45-64(59-27-17-14-18-28-59)44-65(46-67)60-29-19-15-20-30-60/h14-56H,1-13H3/i1D3,14D,15D,16D,17D,18D,19D,20D,21D,22D,27D,28D,29D,30D,31D,32D,44D,45D,46D. The van der Waals surface area contributed by atoms with E-state index in [1.54, 1.807) is 16.7 Å². The van der Waals surface area contributed by atoms with E-state index in [2.05, 4.69) is 99.0 Å². The van der Waals surface area contributed by atoms with Crippen molar-refractivity contribution >= 4 is 32.8 Å². The van der Waals surface area contributed by atoms with Gasteiger partial charge in [0.2, 0.25) is 0 Å². The van der Waals surface area contributed by atoms with Crippen LogP contribution in [-0.4, -0.2) is 14.1 Å². The molecule has 0 spiro atoms. The lowest BCUT2D eigenvalue weighted by Crippen LogP contribution is -2.32. The Bertz CT molecular complexity index is 6250. The van der Waals surface area contributed by atoms with Crippen molar-refractivity contribution < 1.29 is 38.1 Å². The van der Waals surface area contributed by atoms with Gasteiger partial charge in [-0.15, -0.1) is 0 Å². The molecule has 0 fully saturated rings. The fraction of sp³-hybridized carbons (Fsp3) is 0.191. The summed E-state index contributed by atoms with van der Waals surface area (Å²) in [5.41, 5.74) is 5.08. The van der Waals surface area contributed by atoms with Crippen LogP contribution in [-0.2, 0) is 21.7 Å². The summed E-state index contributed by atoms with van der Waals surface area (Å²) in [5.74, 6) is 0.853. The smallest absolute Gasteiger partial charge is 0.269 e. The second-order valence-corrected chi connectivity index (χ2v) is 28.0. The van der Waals surface area contributed by atoms with Crippen molar-refractivity contribution in [3.05, 3.63) is 295 Å². The van der Waals surface area contributed by atoms with E-state index in [1.807, 2.05) is 127 Å². The normalized spacial score (nSPS) is 15.6. The number of rotatable bonds is 11. The van der Waals surface area contributed by atoms with Gasteiger partial charge in [0.25, 0.3) is 6.33 Å². The van der Waals surface area contributed by atoms with Gasteiger partial charge in [-0.2, -0.15) is 0 Å². The van der Waals surface area contributed by atoms with E-state index in [-0.39, 0.29) is 44.5 Å². The number of nitrogens with zero attached hydrogens (tertiary/aromatic N) is 4. The van der Waals surface area contributed by atoms with E-state index in [9.17, 15) is 9.60 Å². The second-order valence-electron chi connectivity index (χ2n) is 28.0. The Labute approximate surface area is 584 Å². The highest BCUT2D eigenvalue weighted by molar-refractivity contribution is 6.09. The van der Waals surface area contributed by atoms with Crippen LogP contribution < -0.4 is 9.30 Å². The molecule has 464 valence electrons. The van der Waals surface area contributed by atoms with Crippen LogP contribution >= 0.6 is 0 Å². The van der Waals surface area contributed by atoms with E-state index in [0.717, 1.165) is 38.6 Å². The van der Waals surface area contributed by atoms with Crippen LogP contribution in [0.15, 0.2) is 261 Å². The first-order valence-electron chi connectivity index (χ1n) is 41.9. The van der Waals surface area contributed by atoms with Gasteiger partial charge >= 0.3 is 0 Å². The number of hydrogen-bond acceptors (Lipinski definition) is 2. The maximum absolute atomic E-state index is 10.7. The van der Waals surface area contributed by atoms with Crippen molar-refractivity contribution in [3.63, 3.8) is 0 Å². The first-order valence-corrected chi connectivity index (χ1v) is 31.4. The first-order chi connectivity index (χ1) is 53.7. The Morgan fingerprint density at radius 3 is 1.62 bits per heavy atom. The zero-order valence-corrected chi connectivity index (χ0v) is 54.6. The lowest BCUT2D eigenvalue weighted by Gasteiger charge is -2.27. The second kappa shape index (κ2) is 23.6. The molecule has 0 aliphatic rings. The zero-order chi connectivity index (χ0) is 83.6. The third kappa shape index (κ3) is 11.9. The van der Waals surface area contributed by atoms with Crippen molar-refractivity contribution in [2.75, 3.05) is 0 Å². The molecular formula is C89H82N4O. The molecule has 14 aromatic rings. The van der Waals surface area contributed by atoms with Gasteiger partial charge < -0.3 is 4.74 Å². The van der Waals surface area contributed by atoms with E-state index in [4.69, 9.17) is 28.9 Å². The highest BCUT2D eigenvalue weighted by Gasteiger charge is 2.28. The van der Waals surface area contributed by atoms with Crippen LogP contribution in [0.4, 0.5) is 0 Å². The minimum atomic E-state index is -2.86. The minimum absolute atomic E-state index is 0.137. The van der Waals surface area contributed by atoms with Crippen molar-refractivity contribution in [2.24, 2.45) is 0 Å². The van der Waals surface area contributed by atoms with Crippen molar-refractivity contribution in [3.8, 4) is 95.5 Å². The Hall–Kier alpha value is -10.4. The molecule has 0 N–H and O–H groups in total. The van der Waals surface area contributed by atoms with Gasteiger partial charge in [-0.3, -0.25) is 13.7 Å². The van der Waals surface area contributed by atoms with Crippen LogP contribution in [0.3, 0.4) is 0 Å². The number of fused-ring (bicyclic) bond motifs is 4. The lowest BCUT2D eigenvalue weighted by molar-refractivity contribution is -0.571. The molecule has 5 heteroatoms. The maximum atomic E-state index is 10.7. The van der Waals surface area contributed by atoms with Gasteiger partial charge in [0.1, 0.15) is 17.3 Å². The van der Waals surface area contributed by atoms with Gasteiger partial charge in [0.15, 0.2) is 0 Å². The summed E-state index contributed by atoms with van der Waals surface area (Å²) in [5, 5.41) is 1.54. The topological polar surface area (TPSA) is 35.9 Å². The average molecular weight is 1240 g/mol. The van der Waals surface area contributed by atoms with Gasteiger partial charge in [0.05, 0.1) is 58.1 Å². The number of para-hydroxylation sites is 1. The number of aromatic nitrogens is 4. The van der Waals surface area contributed by atoms with Crippen molar-refractivity contribution in [1.29, 1.82) is 0 Å². The number of aryl methyl sites for hydroxylation is 1. The SMILES string of the molecule is [2H]c1c([2H])c([2H])c(-c2cnc(-n3c4ccccc4c4ccc(Oc5cccc(-n6[c-][n+](-c7c(-c8cccc(C(C)(C)C)c8)cc(C(C)(C)C)cc7-c7c([2H])c(-c8c([2H])c([2H])c([2H])c([2H])c8[2H])c([2H])c(-c8c([2H])c([2H])c([2H])c([2H])c8[2H])c7[2H])c7ccc(-c8cc(C(C)(C)C)cc(C(C)(C)C)c8)cc76)c5)cc43)cc2C([2H])([2H])[2H])c([2H])c1[2H]. The summed E-state index contributed by atoms with van der Waals surface area (Å²) in [7, 11) is 0. The zero-order valence-electron chi connectivity index (χ0n) is 75.6. The Morgan fingerprint density at radius 1 is 0.415 bits per heavy atom. The van der Waals surface area contributed by atoms with Crippen molar-refractivity contribution in [1.82, 2.24) is 14.1 Å². The van der Waals surface area contributed by atoms with Crippen LogP contribution in [0.2, 0.25) is 0 Å². The van der Waals surface area contributed by atoms with E-state index >= 15 is 0 Å². The third-order valence-corrected chi connectivity index (χ3v) is 17.3. The van der Waals surface area contributed by atoms with E-state index < -0.39 is 149 Å². The van der Waals surface area contributed by atoms with Gasteiger partial charge in [0, 0.05) is 32.7 Å². The maximum Gasteiger partial charge on any atom is 0.269 e. The predicted molar refractivity (Wildman–Crippen MR) is 394 cm³/mol. The molecule has 0 atom stereocenters. The molecule has 0 unspecified atom stereocenters. The molecule has 0 radical (unpaired) electrons. The molecular weight excluding hydrogens is 1140 g/mol. The first kappa shape index (κ1) is 41.3. The van der Waals surface area contributed by atoms with Crippen LogP contribution in [0, 0.1) is 13.2 Å². The molecule has 0 saturated carbocycles. The van der Waals surface area contributed by atoms with Crippen molar-refractivity contribution in [2.45, 2.75) is 112 Å². The highest BCUT2D eigenvalue weighted by atomic mass is 16.5. The quantitative estimate of drug-likeness (QED) is 0.0956. The summed E-state index contributed by atoms with van der Waals surface area (Å²) < 4.78 is 204. The lowest BCUT2D eigenvalue weighted by atomic mass is 9.79. The minimum Gasteiger partial charge on any atom is -0.458 e. The molecule has 0 saturated heterocycles. The van der Waals surface area contributed by atoms with E-state index in [0.29, 0.717) is 61.6 Å². The summed E-state index contributed by atoms with van der Waals surface area (Å²) >= 11 is 0. The molecule has 14 rings (SSSR count). The molecule has 3 aromatic heterocycles. The fourth-order valence-electron chi connectivity index (χ4n) is 12.0. The third-order valence-electron chi connectivity index (χ3n) is 17.3. The monoisotopic (exact) mass is 1240 g/mol. The molecule has 5 nitrogen and oxygen atoms in total. The van der Waals surface area contributed by atoms with Gasteiger partial charge in [-0.05, 0) is 184 Å². The predicted octanol–water partition coefficient (Wildman–Crippen LogP) is 23.5. The molecule has 0 bridgehead atoms.